The van der Waals surface area contributed by atoms with Gasteiger partial charge in [-0.1, -0.05) is 6.92 Å². The molecule has 1 aromatic carbocycles. The van der Waals surface area contributed by atoms with Crippen molar-refractivity contribution in [3.05, 3.63) is 41.2 Å². The summed E-state index contributed by atoms with van der Waals surface area (Å²) < 4.78 is 0. The van der Waals surface area contributed by atoms with E-state index in [2.05, 4.69) is 33.7 Å². The molecule has 1 heterocycles. The van der Waals surface area contributed by atoms with Crippen LogP contribution >= 0.6 is 0 Å². The fourth-order valence-electron chi connectivity index (χ4n) is 1.93. The van der Waals surface area contributed by atoms with Gasteiger partial charge in [0.15, 0.2) is 0 Å². The van der Waals surface area contributed by atoms with Crippen LogP contribution in [0.25, 0.3) is 0 Å². The van der Waals surface area contributed by atoms with E-state index in [0.29, 0.717) is 17.2 Å². The molecule has 0 unspecified atom stereocenters. The maximum absolute atomic E-state index is 8.81. The highest BCUT2D eigenvalue weighted by molar-refractivity contribution is 5.65. The Labute approximate surface area is 124 Å². The molecule has 0 bridgehead atoms. The SMILES string of the molecule is CCCc1nc(NN)c(C)c(Nc2ccc(C#N)cc2)n1. The average molecular weight is 282 g/mol. The average Bonchev–Trinajstić information content (AvgIpc) is 2.51. The van der Waals surface area contributed by atoms with Crippen LogP contribution in [0.2, 0.25) is 0 Å². The molecule has 2 aromatic rings. The molecule has 6 nitrogen and oxygen atoms in total. The first-order chi connectivity index (χ1) is 10.2. The van der Waals surface area contributed by atoms with Gasteiger partial charge in [0, 0.05) is 17.7 Å². The maximum Gasteiger partial charge on any atom is 0.148 e. The number of benzene rings is 1. The van der Waals surface area contributed by atoms with E-state index in [4.69, 9.17) is 11.1 Å². The minimum absolute atomic E-state index is 0.615. The van der Waals surface area contributed by atoms with Gasteiger partial charge >= 0.3 is 0 Å². The number of nitrogens with zero attached hydrogens (tertiary/aromatic N) is 3. The summed E-state index contributed by atoms with van der Waals surface area (Å²) in [4.78, 5) is 8.91. The number of hydrazine groups is 1. The van der Waals surface area contributed by atoms with E-state index in [0.717, 1.165) is 29.9 Å². The number of hydrogen-bond acceptors (Lipinski definition) is 6. The maximum atomic E-state index is 8.81. The predicted molar refractivity (Wildman–Crippen MR) is 83.0 cm³/mol. The number of anilines is 3. The van der Waals surface area contributed by atoms with E-state index >= 15 is 0 Å². The van der Waals surface area contributed by atoms with Crippen LogP contribution < -0.4 is 16.6 Å². The second-order valence-corrected chi connectivity index (χ2v) is 4.67. The molecule has 0 spiro atoms. The normalized spacial score (nSPS) is 10.0. The van der Waals surface area contributed by atoms with E-state index in [-0.39, 0.29) is 0 Å². The molecule has 2 rings (SSSR count). The lowest BCUT2D eigenvalue weighted by molar-refractivity contribution is 0.833. The zero-order chi connectivity index (χ0) is 15.2. The molecular formula is C15H18N6. The Balaban J connectivity index is 2.33. The fraction of sp³-hybridized carbons (Fsp3) is 0.267. The lowest BCUT2D eigenvalue weighted by Crippen LogP contribution is -2.14. The van der Waals surface area contributed by atoms with Crippen LogP contribution in [-0.2, 0) is 6.42 Å². The number of nitriles is 1. The number of hydrogen-bond donors (Lipinski definition) is 3. The third-order valence-corrected chi connectivity index (χ3v) is 3.08. The van der Waals surface area contributed by atoms with Crippen LogP contribution in [0.15, 0.2) is 24.3 Å². The first kappa shape index (κ1) is 14.8. The van der Waals surface area contributed by atoms with Crippen molar-refractivity contribution < 1.29 is 0 Å². The Kier molecular flexibility index (Phi) is 4.69. The van der Waals surface area contributed by atoms with Gasteiger partial charge in [0.25, 0.3) is 0 Å². The highest BCUT2D eigenvalue weighted by atomic mass is 15.3. The van der Waals surface area contributed by atoms with Crippen molar-refractivity contribution in [3.8, 4) is 6.07 Å². The van der Waals surface area contributed by atoms with Gasteiger partial charge in [-0.05, 0) is 37.6 Å². The molecular weight excluding hydrogens is 264 g/mol. The van der Waals surface area contributed by atoms with E-state index in [1.54, 1.807) is 12.1 Å². The van der Waals surface area contributed by atoms with Crippen LogP contribution in [0.3, 0.4) is 0 Å². The highest BCUT2D eigenvalue weighted by Crippen LogP contribution is 2.23. The second kappa shape index (κ2) is 6.68. The Morgan fingerprint density at radius 1 is 1.19 bits per heavy atom. The molecule has 0 aliphatic heterocycles. The Morgan fingerprint density at radius 2 is 1.86 bits per heavy atom. The first-order valence-corrected chi connectivity index (χ1v) is 6.79. The van der Waals surface area contributed by atoms with Crippen molar-refractivity contribution in [2.45, 2.75) is 26.7 Å². The standard InChI is InChI=1S/C15H18N6/c1-3-4-13-19-14(10(2)15(20-13)21-17)18-12-7-5-11(9-16)6-8-12/h5-8H,3-4,17H2,1-2H3,(H2,18,19,20,21). The summed E-state index contributed by atoms with van der Waals surface area (Å²) in [5.41, 5.74) is 4.94. The first-order valence-electron chi connectivity index (χ1n) is 6.79. The molecule has 0 atom stereocenters. The molecule has 0 fully saturated rings. The third-order valence-electron chi connectivity index (χ3n) is 3.08. The van der Waals surface area contributed by atoms with Crippen molar-refractivity contribution in [2.24, 2.45) is 5.84 Å². The number of rotatable bonds is 5. The Bertz CT molecular complexity index is 657. The van der Waals surface area contributed by atoms with Crippen molar-refractivity contribution >= 4 is 17.3 Å². The van der Waals surface area contributed by atoms with Gasteiger partial charge in [0.05, 0.1) is 11.6 Å². The molecule has 0 aliphatic carbocycles. The molecule has 0 saturated heterocycles. The summed E-state index contributed by atoms with van der Waals surface area (Å²) in [7, 11) is 0. The van der Waals surface area contributed by atoms with Gasteiger partial charge in [-0.15, -0.1) is 0 Å². The molecule has 0 saturated carbocycles. The lowest BCUT2D eigenvalue weighted by atomic mass is 10.2. The number of aryl methyl sites for hydroxylation is 1. The summed E-state index contributed by atoms with van der Waals surface area (Å²) in [6.07, 6.45) is 1.75. The number of nitrogens with one attached hydrogen (secondary N) is 2. The van der Waals surface area contributed by atoms with Gasteiger partial charge in [-0.2, -0.15) is 5.26 Å². The minimum atomic E-state index is 0.615. The zero-order valence-corrected chi connectivity index (χ0v) is 12.1. The smallest absolute Gasteiger partial charge is 0.148 e. The third kappa shape index (κ3) is 3.46. The molecule has 4 N–H and O–H groups in total. The molecule has 0 amide bonds. The van der Waals surface area contributed by atoms with E-state index in [1.807, 2.05) is 19.1 Å². The Hall–Kier alpha value is -2.65. The monoisotopic (exact) mass is 282 g/mol. The van der Waals surface area contributed by atoms with Gasteiger partial charge in [0.2, 0.25) is 0 Å². The van der Waals surface area contributed by atoms with Crippen LogP contribution in [0.4, 0.5) is 17.3 Å². The van der Waals surface area contributed by atoms with Crippen molar-refractivity contribution in [2.75, 3.05) is 10.7 Å². The minimum Gasteiger partial charge on any atom is -0.340 e. The summed E-state index contributed by atoms with van der Waals surface area (Å²) in [5, 5.41) is 12.1. The summed E-state index contributed by atoms with van der Waals surface area (Å²) in [5.74, 6) is 7.58. The molecule has 6 heteroatoms. The Morgan fingerprint density at radius 3 is 2.43 bits per heavy atom. The van der Waals surface area contributed by atoms with Crippen molar-refractivity contribution in [3.63, 3.8) is 0 Å². The number of aromatic nitrogens is 2. The van der Waals surface area contributed by atoms with Gasteiger partial charge in [0.1, 0.15) is 17.5 Å². The summed E-state index contributed by atoms with van der Waals surface area (Å²) >= 11 is 0. The van der Waals surface area contributed by atoms with E-state index in [1.165, 1.54) is 0 Å². The summed E-state index contributed by atoms with van der Waals surface area (Å²) in [6, 6.07) is 9.29. The molecule has 108 valence electrons. The molecule has 1 aromatic heterocycles. The van der Waals surface area contributed by atoms with Crippen LogP contribution in [0.5, 0.6) is 0 Å². The van der Waals surface area contributed by atoms with Crippen LogP contribution in [0, 0.1) is 18.3 Å². The van der Waals surface area contributed by atoms with Crippen LogP contribution in [-0.4, -0.2) is 9.97 Å². The van der Waals surface area contributed by atoms with E-state index < -0.39 is 0 Å². The van der Waals surface area contributed by atoms with Crippen molar-refractivity contribution in [1.29, 1.82) is 5.26 Å². The second-order valence-electron chi connectivity index (χ2n) is 4.67. The topological polar surface area (TPSA) is 99.6 Å². The van der Waals surface area contributed by atoms with Gasteiger partial charge in [-0.3, -0.25) is 0 Å². The molecule has 0 radical (unpaired) electrons. The quantitative estimate of drug-likeness (QED) is 0.576. The number of nitrogen functional groups attached to an aromatic ring is 1. The van der Waals surface area contributed by atoms with Crippen molar-refractivity contribution in [1.82, 2.24) is 9.97 Å². The van der Waals surface area contributed by atoms with Gasteiger partial charge < -0.3 is 10.7 Å². The van der Waals surface area contributed by atoms with Gasteiger partial charge in [-0.25, -0.2) is 15.8 Å². The van der Waals surface area contributed by atoms with Crippen LogP contribution in [0.1, 0.15) is 30.3 Å². The predicted octanol–water partition coefficient (Wildman–Crippen LogP) is 2.64. The highest BCUT2D eigenvalue weighted by Gasteiger charge is 2.10. The summed E-state index contributed by atoms with van der Waals surface area (Å²) in [6.45, 7) is 3.98. The zero-order valence-electron chi connectivity index (χ0n) is 12.1. The molecule has 0 aliphatic rings. The van der Waals surface area contributed by atoms with E-state index in [9.17, 15) is 0 Å². The lowest BCUT2D eigenvalue weighted by Gasteiger charge is -2.13. The largest absolute Gasteiger partial charge is 0.340 e. The fourth-order valence-corrected chi connectivity index (χ4v) is 1.93. The number of nitrogens with two attached hydrogens (primary N) is 1. The molecule has 21 heavy (non-hydrogen) atoms.